The van der Waals surface area contributed by atoms with E-state index in [9.17, 15) is 14.9 Å². The fourth-order valence-corrected chi connectivity index (χ4v) is 2.50. The monoisotopic (exact) mass is 388 g/mol. The Balaban J connectivity index is 2.28. The van der Waals surface area contributed by atoms with Gasteiger partial charge in [0.15, 0.2) is 11.5 Å². The number of anilines is 1. The van der Waals surface area contributed by atoms with Crippen molar-refractivity contribution in [3.05, 3.63) is 52.1 Å². The van der Waals surface area contributed by atoms with Crippen molar-refractivity contribution >= 4 is 23.4 Å². The molecular weight excluding hydrogens is 368 g/mol. The third-order valence-electron chi connectivity index (χ3n) is 3.80. The summed E-state index contributed by atoms with van der Waals surface area (Å²) >= 11 is 0. The Morgan fingerprint density at radius 2 is 1.61 bits per heavy atom. The average Bonchev–Trinajstić information content (AvgIpc) is 2.71. The van der Waals surface area contributed by atoms with Gasteiger partial charge >= 0.3 is 0 Å². The third-order valence-corrected chi connectivity index (χ3v) is 3.80. The zero-order valence-electron chi connectivity index (χ0n) is 15.8. The Hall–Kier alpha value is -3.75. The van der Waals surface area contributed by atoms with Crippen molar-refractivity contribution in [3.63, 3.8) is 0 Å². The van der Waals surface area contributed by atoms with Crippen LogP contribution in [0.2, 0.25) is 0 Å². The van der Waals surface area contributed by atoms with Crippen LogP contribution in [-0.2, 0) is 4.79 Å². The molecule has 0 heterocycles. The molecule has 0 unspecified atom stereocenters. The Kier molecular flexibility index (Phi) is 6.80. The van der Waals surface area contributed by atoms with Crippen LogP contribution >= 0.6 is 0 Å². The fraction of sp³-hybridized carbons (Fsp3) is 0.211. The lowest BCUT2D eigenvalue weighted by Crippen LogP contribution is -2.09. The third kappa shape index (κ3) is 4.50. The second-order valence-electron chi connectivity index (χ2n) is 5.39. The largest absolute Gasteiger partial charge is 0.495 e. The standard InChI is InChI=1S/C19H20N2O7/c1-25-15-9-7-13(21(23)24)11-14(15)20-17(22)10-6-12-5-8-16(26-2)19(28-4)18(12)27-3/h5-11H,1-4H3,(H,20,22). The van der Waals surface area contributed by atoms with E-state index < -0.39 is 10.8 Å². The molecule has 2 aromatic rings. The number of ether oxygens (including phenoxy) is 4. The lowest BCUT2D eigenvalue weighted by Gasteiger charge is -2.14. The Labute approximate surface area is 161 Å². The molecule has 28 heavy (non-hydrogen) atoms. The zero-order valence-corrected chi connectivity index (χ0v) is 15.8. The molecule has 0 aliphatic rings. The number of amides is 1. The highest BCUT2D eigenvalue weighted by atomic mass is 16.6. The van der Waals surface area contributed by atoms with Gasteiger partial charge in [-0.1, -0.05) is 0 Å². The van der Waals surface area contributed by atoms with Gasteiger partial charge in [-0.2, -0.15) is 0 Å². The maximum atomic E-state index is 12.3. The van der Waals surface area contributed by atoms with Gasteiger partial charge in [0.05, 0.1) is 39.0 Å². The van der Waals surface area contributed by atoms with E-state index in [1.165, 1.54) is 58.8 Å². The number of hydrogen-bond acceptors (Lipinski definition) is 7. The summed E-state index contributed by atoms with van der Waals surface area (Å²) < 4.78 is 21.0. The molecular formula is C19H20N2O7. The Morgan fingerprint density at radius 3 is 2.18 bits per heavy atom. The van der Waals surface area contributed by atoms with Crippen LogP contribution < -0.4 is 24.3 Å². The molecule has 0 atom stereocenters. The second-order valence-corrected chi connectivity index (χ2v) is 5.39. The summed E-state index contributed by atoms with van der Waals surface area (Å²) in [4.78, 5) is 22.7. The van der Waals surface area contributed by atoms with E-state index in [1.807, 2.05) is 0 Å². The number of methoxy groups -OCH3 is 4. The number of carbonyl (C=O) groups excluding carboxylic acids is 1. The summed E-state index contributed by atoms with van der Waals surface area (Å²) in [5.74, 6) is 1.08. The molecule has 1 amide bonds. The highest BCUT2D eigenvalue weighted by Gasteiger charge is 2.15. The lowest BCUT2D eigenvalue weighted by atomic mass is 10.1. The topological polar surface area (TPSA) is 109 Å². The number of carbonyl (C=O) groups is 1. The maximum absolute atomic E-state index is 12.3. The van der Waals surface area contributed by atoms with Crippen molar-refractivity contribution in [2.45, 2.75) is 0 Å². The molecule has 0 aromatic heterocycles. The summed E-state index contributed by atoms with van der Waals surface area (Å²) in [6.07, 6.45) is 2.79. The smallest absolute Gasteiger partial charge is 0.271 e. The van der Waals surface area contributed by atoms with Crippen LogP contribution in [0.3, 0.4) is 0 Å². The van der Waals surface area contributed by atoms with Gasteiger partial charge in [-0.15, -0.1) is 0 Å². The number of nitrogens with zero attached hydrogens (tertiary/aromatic N) is 1. The molecule has 0 radical (unpaired) electrons. The van der Waals surface area contributed by atoms with Gasteiger partial charge in [0.1, 0.15) is 5.75 Å². The number of rotatable bonds is 8. The minimum absolute atomic E-state index is 0.165. The van der Waals surface area contributed by atoms with E-state index in [0.29, 0.717) is 28.6 Å². The fourth-order valence-electron chi connectivity index (χ4n) is 2.50. The van der Waals surface area contributed by atoms with Crippen LogP contribution in [0.4, 0.5) is 11.4 Å². The molecule has 9 nitrogen and oxygen atoms in total. The van der Waals surface area contributed by atoms with Gasteiger partial charge in [-0.05, 0) is 24.3 Å². The SMILES string of the molecule is COc1ccc([N+](=O)[O-])cc1NC(=O)C=Cc1ccc(OC)c(OC)c1OC. The van der Waals surface area contributed by atoms with Crippen molar-refractivity contribution in [1.82, 2.24) is 0 Å². The van der Waals surface area contributed by atoms with Gasteiger partial charge in [0, 0.05) is 23.8 Å². The molecule has 0 fully saturated rings. The number of nitro benzene ring substituents is 1. The second kappa shape index (κ2) is 9.26. The molecule has 0 bridgehead atoms. The first kappa shape index (κ1) is 20.6. The molecule has 0 spiro atoms. The van der Waals surface area contributed by atoms with Gasteiger partial charge in [-0.3, -0.25) is 14.9 Å². The molecule has 0 aliphatic heterocycles. The number of nitrogens with one attached hydrogen (secondary N) is 1. The maximum Gasteiger partial charge on any atom is 0.271 e. The van der Waals surface area contributed by atoms with Crippen LogP contribution in [0.5, 0.6) is 23.0 Å². The van der Waals surface area contributed by atoms with Gasteiger partial charge in [-0.25, -0.2) is 0 Å². The van der Waals surface area contributed by atoms with Crippen LogP contribution in [0.15, 0.2) is 36.4 Å². The van der Waals surface area contributed by atoms with Gasteiger partial charge in [0.2, 0.25) is 11.7 Å². The number of nitro groups is 1. The summed E-state index contributed by atoms with van der Waals surface area (Å²) in [5.41, 5.74) is 0.605. The van der Waals surface area contributed by atoms with Crippen molar-refractivity contribution in [2.24, 2.45) is 0 Å². The van der Waals surface area contributed by atoms with E-state index in [2.05, 4.69) is 5.32 Å². The van der Waals surface area contributed by atoms with E-state index in [0.717, 1.165) is 0 Å². The molecule has 1 N–H and O–H groups in total. The minimum Gasteiger partial charge on any atom is -0.495 e. The number of benzene rings is 2. The quantitative estimate of drug-likeness (QED) is 0.420. The van der Waals surface area contributed by atoms with Crippen LogP contribution in [-0.4, -0.2) is 39.3 Å². The Bertz CT molecular complexity index is 909. The van der Waals surface area contributed by atoms with Crippen LogP contribution in [0.25, 0.3) is 6.08 Å². The predicted octanol–water partition coefficient (Wildman–Crippen LogP) is 3.28. The molecule has 0 saturated carbocycles. The van der Waals surface area contributed by atoms with E-state index in [4.69, 9.17) is 18.9 Å². The van der Waals surface area contributed by atoms with Crippen molar-refractivity contribution in [3.8, 4) is 23.0 Å². The first-order valence-electron chi connectivity index (χ1n) is 8.05. The summed E-state index contributed by atoms with van der Waals surface area (Å²) in [5, 5.41) is 13.5. The highest BCUT2D eigenvalue weighted by Crippen LogP contribution is 2.40. The first-order chi connectivity index (χ1) is 13.4. The average molecular weight is 388 g/mol. The van der Waals surface area contributed by atoms with Gasteiger partial charge < -0.3 is 24.3 Å². The number of non-ortho nitro benzene ring substituents is 1. The molecule has 0 saturated heterocycles. The molecule has 2 rings (SSSR count). The van der Waals surface area contributed by atoms with Crippen LogP contribution in [0, 0.1) is 10.1 Å². The summed E-state index contributed by atoms with van der Waals surface area (Å²) in [6.45, 7) is 0. The lowest BCUT2D eigenvalue weighted by molar-refractivity contribution is -0.384. The van der Waals surface area contributed by atoms with Crippen molar-refractivity contribution in [2.75, 3.05) is 33.8 Å². The zero-order chi connectivity index (χ0) is 20.7. The van der Waals surface area contributed by atoms with Crippen molar-refractivity contribution in [1.29, 1.82) is 0 Å². The summed E-state index contributed by atoms with van der Waals surface area (Å²) in [6, 6.07) is 7.32. The Morgan fingerprint density at radius 1 is 0.964 bits per heavy atom. The van der Waals surface area contributed by atoms with E-state index in [1.54, 1.807) is 12.1 Å². The van der Waals surface area contributed by atoms with Gasteiger partial charge in [0.25, 0.3) is 5.69 Å². The van der Waals surface area contributed by atoms with Crippen molar-refractivity contribution < 1.29 is 28.7 Å². The molecule has 9 heteroatoms. The van der Waals surface area contributed by atoms with Crippen LogP contribution in [0.1, 0.15) is 5.56 Å². The highest BCUT2D eigenvalue weighted by molar-refractivity contribution is 6.03. The minimum atomic E-state index is -0.556. The van der Waals surface area contributed by atoms with E-state index in [-0.39, 0.29) is 11.4 Å². The first-order valence-corrected chi connectivity index (χ1v) is 8.05. The number of hydrogen-bond donors (Lipinski definition) is 1. The summed E-state index contributed by atoms with van der Waals surface area (Å²) in [7, 11) is 5.87. The molecule has 2 aromatic carbocycles. The van der Waals surface area contributed by atoms with E-state index >= 15 is 0 Å². The normalized spacial score (nSPS) is 10.4. The molecule has 148 valence electrons. The predicted molar refractivity (Wildman–Crippen MR) is 103 cm³/mol. The molecule has 0 aliphatic carbocycles.